The molecular formula is C18H30FeO3S. The fraction of sp³-hybridized carbons (Fsp3) is 0.667. The molecule has 0 aliphatic carbocycles. The Kier molecular flexibility index (Phi) is 12.8. The van der Waals surface area contributed by atoms with Gasteiger partial charge in [0.2, 0.25) is 0 Å². The molecule has 0 amide bonds. The Morgan fingerprint density at radius 3 is 1.83 bits per heavy atom. The van der Waals surface area contributed by atoms with Crippen LogP contribution in [0.25, 0.3) is 0 Å². The number of rotatable bonds is 12. The van der Waals surface area contributed by atoms with Gasteiger partial charge in [-0.15, -0.1) is 0 Å². The number of unbranched alkanes of at least 4 members (excludes halogenated alkanes) is 9. The first kappa shape index (κ1) is 22.6. The normalized spacial score (nSPS) is 11.2. The Morgan fingerprint density at radius 2 is 1.30 bits per heavy atom. The first-order chi connectivity index (χ1) is 10.6. The third-order valence-corrected chi connectivity index (χ3v) is 5.00. The van der Waals surface area contributed by atoms with Gasteiger partial charge in [-0.25, -0.2) is 0 Å². The van der Waals surface area contributed by atoms with Crippen molar-refractivity contribution in [3.05, 3.63) is 29.8 Å². The minimum atomic E-state index is -4.10. The second kappa shape index (κ2) is 13.0. The number of benzene rings is 1. The summed E-state index contributed by atoms with van der Waals surface area (Å²) < 4.78 is 31.8. The summed E-state index contributed by atoms with van der Waals surface area (Å²) in [6, 6.07) is 6.73. The predicted octanol–water partition coefficient (Wildman–Crippen LogP) is 5.39. The second-order valence-electron chi connectivity index (χ2n) is 6.01. The molecule has 0 spiro atoms. The van der Waals surface area contributed by atoms with Crippen LogP contribution in [0.3, 0.4) is 0 Å². The Hall–Kier alpha value is -0.351. The van der Waals surface area contributed by atoms with Crippen LogP contribution in [0, 0.1) is 0 Å². The Labute approximate surface area is 152 Å². The van der Waals surface area contributed by atoms with E-state index in [4.69, 9.17) is 0 Å². The van der Waals surface area contributed by atoms with Crippen LogP contribution < -0.4 is 0 Å². The SMILES string of the molecule is CCCCCCCCCCCCc1ccccc1S(=O)(=O)O.[Fe]. The van der Waals surface area contributed by atoms with Crippen LogP contribution in [0.1, 0.15) is 76.7 Å². The van der Waals surface area contributed by atoms with Crippen LogP contribution in [0.2, 0.25) is 0 Å². The van der Waals surface area contributed by atoms with Gasteiger partial charge in [0.15, 0.2) is 0 Å². The molecule has 1 N–H and O–H groups in total. The van der Waals surface area contributed by atoms with Crippen LogP contribution in [0.4, 0.5) is 0 Å². The molecule has 0 radical (unpaired) electrons. The molecule has 0 atom stereocenters. The van der Waals surface area contributed by atoms with Crippen LogP contribution in [-0.4, -0.2) is 13.0 Å². The van der Waals surface area contributed by atoms with E-state index >= 15 is 0 Å². The van der Waals surface area contributed by atoms with E-state index < -0.39 is 10.1 Å². The molecule has 1 aromatic rings. The smallest absolute Gasteiger partial charge is 0.282 e. The summed E-state index contributed by atoms with van der Waals surface area (Å²) >= 11 is 0. The van der Waals surface area contributed by atoms with Crippen molar-refractivity contribution < 1.29 is 30.0 Å². The van der Waals surface area contributed by atoms with Crippen molar-refractivity contribution in [1.82, 2.24) is 0 Å². The van der Waals surface area contributed by atoms with Crippen molar-refractivity contribution in [3.63, 3.8) is 0 Å². The minimum absolute atomic E-state index is 0. The zero-order valence-electron chi connectivity index (χ0n) is 14.1. The van der Waals surface area contributed by atoms with Gasteiger partial charge in [-0.05, 0) is 24.5 Å². The van der Waals surface area contributed by atoms with E-state index in [2.05, 4.69) is 6.92 Å². The molecule has 0 aliphatic rings. The first-order valence-corrected chi connectivity index (χ1v) is 10.0. The summed E-state index contributed by atoms with van der Waals surface area (Å²) in [5, 5.41) is 0. The van der Waals surface area contributed by atoms with E-state index in [0.717, 1.165) is 18.4 Å². The molecule has 0 saturated heterocycles. The quantitative estimate of drug-likeness (QED) is 0.299. The third kappa shape index (κ3) is 10.2. The Balaban J connectivity index is 0.00000484. The Morgan fingerprint density at radius 1 is 0.826 bits per heavy atom. The van der Waals surface area contributed by atoms with Gasteiger partial charge >= 0.3 is 0 Å². The maximum atomic E-state index is 11.3. The first-order valence-electron chi connectivity index (χ1n) is 8.61. The molecule has 0 heterocycles. The fourth-order valence-electron chi connectivity index (χ4n) is 2.76. The van der Waals surface area contributed by atoms with Gasteiger partial charge in [0.25, 0.3) is 10.1 Å². The molecule has 1 rings (SSSR count). The van der Waals surface area contributed by atoms with Crippen LogP contribution in [0.15, 0.2) is 29.2 Å². The Bertz CT molecular complexity index is 515. The summed E-state index contributed by atoms with van der Waals surface area (Å²) in [6.07, 6.45) is 13.3. The van der Waals surface area contributed by atoms with Gasteiger partial charge in [-0.1, -0.05) is 82.9 Å². The average Bonchev–Trinajstić information content (AvgIpc) is 2.48. The standard InChI is InChI=1S/C18H30O3S.Fe/c1-2-3-4-5-6-7-8-9-10-11-14-17-15-12-13-16-18(17)22(19,20)21;/h12-13,15-16H,2-11,14H2,1H3,(H,19,20,21);. The molecular weight excluding hydrogens is 352 g/mol. The molecule has 23 heavy (non-hydrogen) atoms. The molecule has 0 bridgehead atoms. The van der Waals surface area contributed by atoms with E-state index in [1.165, 1.54) is 57.4 Å². The summed E-state index contributed by atoms with van der Waals surface area (Å²) in [5.41, 5.74) is 0.726. The molecule has 0 saturated carbocycles. The van der Waals surface area contributed by atoms with Crippen molar-refractivity contribution in [2.75, 3.05) is 0 Å². The van der Waals surface area contributed by atoms with Gasteiger partial charge < -0.3 is 0 Å². The fourth-order valence-corrected chi connectivity index (χ4v) is 3.52. The van der Waals surface area contributed by atoms with E-state index in [1.54, 1.807) is 12.1 Å². The van der Waals surface area contributed by atoms with Crippen molar-refractivity contribution >= 4 is 10.1 Å². The van der Waals surface area contributed by atoms with Crippen molar-refractivity contribution in [3.8, 4) is 0 Å². The van der Waals surface area contributed by atoms with Gasteiger partial charge in [0.05, 0.1) is 4.90 Å². The third-order valence-electron chi connectivity index (χ3n) is 4.05. The molecule has 0 aliphatic heterocycles. The molecule has 0 aromatic heterocycles. The number of hydrogen-bond acceptors (Lipinski definition) is 2. The van der Waals surface area contributed by atoms with E-state index in [-0.39, 0.29) is 22.0 Å². The van der Waals surface area contributed by atoms with Crippen molar-refractivity contribution in [1.29, 1.82) is 0 Å². The van der Waals surface area contributed by atoms with Gasteiger partial charge in [-0.3, -0.25) is 4.55 Å². The van der Waals surface area contributed by atoms with E-state index in [9.17, 15) is 13.0 Å². The zero-order valence-corrected chi connectivity index (χ0v) is 16.0. The maximum Gasteiger partial charge on any atom is 0.294 e. The average molecular weight is 382 g/mol. The maximum absolute atomic E-state index is 11.3. The second-order valence-corrected chi connectivity index (χ2v) is 7.40. The molecule has 3 nitrogen and oxygen atoms in total. The van der Waals surface area contributed by atoms with Gasteiger partial charge in [0.1, 0.15) is 0 Å². The van der Waals surface area contributed by atoms with Gasteiger partial charge in [0, 0.05) is 17.1 Å². The van der Waals surface area contributed by atoms with E-state index in [0.29, 0.717) is 6.42 Å². The van der Waals surface area contributed by atoms with Gasteiger partial charge in [-0.2, -0.15) is 8.42 Å². The van der Waals surface area contributed by atoms with Crippen molar-refractivity contribution in [2.45, 2.75) is 82.4 Å². The number of aryl methyl sites for hydroxylation is 1. The summed E-state index contributed by atoms with van der Waals surface area (Å²) in [7, 11) is -4.10. The van der Waals surface area contributed by atoms with Crippen LogP contribution >= 0.6 is 0 Å². The summed E-state index contributed by atoms with van der Waals surface area (Å²) in [6.45, 7) is 2.24. The van der Waals surface area contributed by atoms with Crippen LogP contribution in [0.5, 0.6) is 0 Å². The molecule has 0 fully saturated rings. The molecule has 1 aromatic carbocycles. The predicted molar refractivity (Wildman–Crippen MR) is 91.8 cm³/mol. The molecule has 134 valence electrons. The van der Waals surface area contributed by atoms with Crippen molar-refractivity contribution in [2.24, 2.45) is 0 Å². The topological polar surface area (TPSA) is 54.4 Å². The largest absolute Gasteiger partial charge is 0.294 e. The number of hydrogen-bond donors (Lipinski definition) is 1. The summed E-state index contributed by atoms with van der Waals surface area (Å²) in [4.78, 5) is 0.0610. The van der Waals surface area contributed by atoms with E-state index in [1.807, 2.05) is 6.07 Å². The van der Waals surface area contributed by atoms with Crippen LogP contribution in [-0.2, 0) is 33.6 Å². The monoisotopic (exact) mass is 382 g/mol. The zero-order chi connectivity index (χ0) is 16.3. The summed E-state index contributed by atoms with van der Waals surface area (Å²) in [5.74, 6) is 0. The molecule has 0 unspecified atom stereocenters. The minimum Gasteiger partial charge on any atom is -0.282 e. The molecule has 5 heteroatoms.